The van der Waals surface area contributed by atoms with Crippen molar-refractivity contribution < 1.29 is 14.2 Å². The molecule has 1 rings (SSSR count). The Morgan fingerprint density at radius 3 is 0.963 bits per heavy atom. The van der Waals surface area contributed by atoms with Crippen molar-refractivity contribution in [2.75, 3.05) is 19.8 Å². The Balaban J connectivity index is 3.45. The highest BCUT2D eigenvalue weighted by atomic mass is 35.5. The van der Waals surface area contributed by atoms with Crippen molar-refractivity contribution >= 4 is 34.8 Å². The second-order valence-electron chi connectivity index (χ2n) is 6.43. The zero-order chi connectivity index (χ0) is 20.1. The third-order valence-corrected chi connectivity index (χ3v) is 5.08. The van der Waals surface area contributed by atoms with Crippen LogP contribution in [0.2, 0.25) is 0 Å². The number of rotatable bonds is 15. The topological polar surface area (TPSA) is 27.7 Å². The average Bonchev–Trinajstić information content (AvgIpc) is 2.68. The molecular formula is C21H33Cl3O3. The van der Waals surface area contributed by atoms with Crippen molar-refractivity contribution in [3.05, 3.63) is 16.7 Å². The van der Waals surface area contributed by atoms with Crippen LogP contribution < -0.4 is 14.2 Å². The molecule has 0 aliphatic rings. The van der Waals surface area contributed by atoms with Gasteiger partial charge in [-0.2, -0.15) is 0 Å². The van der Waals surface area contributed by atoms with E-state index in [2.05, 4.69) is 20.8 Å². The Morgan fingerprint density at radius 2 is 0.778 bits per heavy atom. The number of halogens is 3. The van der Waals surface area contributed by atoms with Crippen LogP contribution >= 0.6 is 34.8 Å². The zero-order valence-corrected chi connectivity index (χ0v) is 19.1. The number of alkyl halides is 3. The summed E-state index contributed by atoms with van der Waals surface area (Å²) in [6.07, 6.45) is 6.01. The lowest BCUT2D eigenvalue weighted by Gasteiger charge is -2.24. The summed E-state index contributed by atoms with van der Waals surface area (Å²) < 4.78 is 18.3. The maximum absolute atomic E-state index is 6.31. The maximum Gasteiger partial charge on any atom is 0.135 e. The number of benzene rings is 1. The van der Waals surface area contributed by atoms with E-state index in [4.69, 9.17) is 49.0 Å². The summed E-state index contributed by atoms with van der Waals surface area (Å²) in [6, 6.07) is 0. The lowest BCUT2D eigenvalue weighted by Crippen LogP contribution is -2.11. The van der Waals surface area contributed by atoms with E-state index in [-0.39, 0.29) is 17.6 Å². The largest absolute Gasteiger partial charge is 0.493 e. The molecule has 0 spiro atoms. The molecule has 0 amide bonds. The maximum atomic E-state index is 6.31. The van der Waals surface area contributed by atoms with Gasteiger partial charge in [-0.1, -0.05) is 40.0 Å². The Hall–Kier alpha value is -0.510. The summed E-state index contributed by atoms with van der Waals surface area (Å²) >= 11 is 18.9. The van der Waals surface area contributed by atoms with Gasteiger partial charge in [-0.15, -0.1) is 34.8 Å². The van der Waals surface area contributed by atoms with Crippen molar-refractivity contribution in [1.82, 2.24) is 0 Å². The lowest BCUT2D eigenvalue weighted by molar-refractivity contribution is 0.270. The molecule has 0 saturated heterocycles. The highest BCUT2D eigenvalue weighted by Gasteiger charge is 2.26. The summed E-state index contributed by atoms with van der Waals surface area (Å²) in [5.74, 6) is 2.89. The summed E-state index contributed by atoms with van der Waals surface area (Å²) in [5.41, 5.74) is 2.45. The Kier molecular flexibility index (Phi) is 13.2. The van der Waals surface area contributed by atoms with Gasteiger partial charge in [0.25, 0.3) is 0 Å². The molecule has 0 bridgehead atoms. The molecule has 1 aromatic carbocycles. The minimum absolute atomic E-state index is 0.270. The highest BCUT2D eigenvalue weighted by molar-refractivity contribution is 6.19. The molecule has 6 heteroatoms. The van der Waals surface area contributed by atoms with Crippen LogP contribution in [0.15, 0.2) is 0 Å². The minimum Gasteiger partial charge on any atom is -0.493 e. The number of unbranched alkanes of at least 4 members (excludes halogenated alkanes) is 3. The molecular weight excluding hydrogens is 407 g/mol. The van der Waals surface area contributed by atoms with E-state index in [1.807, 2.05) is 0 Å². The lowest BCUT2D eigenvalue weighted by atomic mass is 10.0. The third-order valence-electron chi connectivity index (χ3n) is 4.28. The van der Waals surface area contributed by atoms with E-state index in [9.17, 15) is 0 Å². The van der Waals surface area contributed by atoms with Crippen LogP contribution in [-0.4, -0.2) is 19.8 Å². The van der Waals surface area contributed by atoms with E-state index < -0.39 is 0 Å². The summed E-state index contributed by atoms with van der Waals surface area (Å²) in [6.45, 7) is 8.20. The zero-order valence-electron chi connectivity index (χ0n) is 16.8. The fourth-order valence-corrected chi connectivity index (χ4v) is 3.43. The van der Waals surface area contributed by atoms with Crippen molar-refractivity contribution in [2.45, 2.75) is 76.9 Å². The first-order valence-electron chi connectivity index (χ1n) is 9.96. The molecule has 0 radical (unpaired) electrons. The highest BCUT2D eigenvalue weighted by Crippen LogP contribution is 2.46. The molecule has 0 fully saturated rings. The first-order chi connectivity index (χ1) is 13.2. The van der Waals surface area contributed by atoms with E-state index in [0.29, 0.717) is 37.1 Å². The fourth-order valence-electron chi connectivity index (χ4n) is 2.70. The van der Waals surface area contributed by atoms with Crippen LogP contribution in [-0.2, 0) is 17.6 Å². The van der Waals surface area contributed by atoms with Crippen LogP contribution in [0.4, 0.5) is 0 Å². The van der Waals surface area contributed by atoms with Crippen LogP contribution in [0.1, 0.15) is 76.0 Å². The molecule has 0 aliphatic heterocycles. The SMILES string of the molecule is CCCCOc1c(CCl)c(OCCCC)c(CCl)c(OCCCC)c1CCl. The van der Waals surface area contributed by atoms with Crippen molar-refractivity contribution in [3.63, 3.8) is 0 Å². The predicted molar refractivity (Wildman–Crippen MR) is 116 cm³/mol. The van der Waals surface area contributed by atoms with E-state index in [0.717, 1.165) is 55.2 Å². The molecule has 0 aliphatic carbocycles. The number of hydrogen-bond donors (Lipinski definition) is 0. The van der Waals surface area contributed by atoms with Crippen molar-refractivity contribution in [3.8, 4) is 17.2 Å². The number of ether oxygens (including phenoxy) is 3. The van der Waals surface area contributed by atoms with Crippen LogP contribution in [0, 0.1) is 0 Å². The van der Waals surface area contributed by atoms with Crippen LogP contribution in [0.25, 0.3) is 0 Å². The van der Waals surface area contributed by atoms with Gasteiger partial charge in [-0.05, 0) is 19.3 Å². The van der Waals surface area contributed by atoms with Gasteiger partial charge in [0.05, 0.1) is 54.2 Å². The normalized spacial score (nSPS) is 10.9. The van der Waals surface area contributed by atoms with Crippen molar-refractivity contribution in [1.29, 1.82) is 0 Å². The van der Waals surface area contributed by atoms with E-state index in [1.165, 1.54) is 0 Å². The molecule has 3 nitrogen and oxygen atoms in total. The summed E-state index contributed by atoms with van der Waals surface area (Å²) in [4.78, 5) is 0. The van der Waals surface area contributed by atoms with Crippen molar-refractivity contribution in [2.24, 2.45) is 0 Å². The molecule has 156 valence electrons. The Morgan fingerprint density at radius 1 is 0.519 bits per heavy atom. The number of hydrogen-bond acceptors (Lipinski definition) is 3. The standard InChI is InChI=1S/C21H33Cl3O3/c1-4-7-10-25-19-16(13-22)20(26-11-8-5-2)18(15-24)21(17(19)14-23)27-12-9-6-3/h4-15H2,1-3H3. The molecule has 1 aromatic rings. The van der Waals surface area contributed by atoms with Gasteiger partial charge < -0.3 is 14.2 Å². The van der Waals surface area contributed by atoms with E-state index >= 15 is 0 Å². The smallest absolute Gasteiger partial charge is 0.135 e. The van der Waals surface area contributed by atoms with Gasteiger partial charge in [0, 0.05) is 0 Å². The van der Waals surface area contributed by atoms with Gasteiger partial charge >= 0.3 is 0 Å². The Bertz CT molecular complexity index is 453. The molecule has 0 atom stereocenters. The van der Waals surface area contributed by atoms with Gasteiger partial charge in [0.1, 0.15) is 17.2 Å². The quantitative estimate of drug-likeness (QED) is 0.210. The van der Waals surface area contributed by atoms with Gasteiger partial charge in [0.2, 0.25) is 0 Å². The monoisotopic (exact) mass is 438 g/mol. The summed E-state index contributed by atoms with van der Waals surface area (Å²) in [7, 11) is 0. The van der Waals surface area contributed by atoms with Gasteiger partial charge in [0.15, 0.2) is 0 Å². The molecule has 0 heterocycles. The molecule has 0 aromatic heterocycles. The van der Waals surface area contributed by atoms with Gasteiger partial charge in [-0.3, -0.25) is 0 Å². The molecule has 27 heavy (non-hydrogen) atoms. The second kappa shape index (κ2) is 14.5. The molecule has 0 saturated carbocycles. The third kappa shape index (κ3) is 7.11. The predicted octanol–water partition coefficient (Wildman–Crippen LogP) is 7.44. The molecule has 0 unspecified atom stereocenters. The van der Waals surface area contributed by atoms with E-state index in [1.54, 1.807) is 0 Å². The first-order valence-corrected chi connectivity index (χ1v) is 11.6. The minimum atomic E-state index is 0.270. The first kappa shape index (κ1) is 24.5. The Labute approximate surface area is 179 Å². The van der Waals surface area contributed by atoms with Crippen LogP contribution in [0.5, 0.6) is 17.2 Å². The fraction of sp³-hybridized carbons (Fsp3) is 0.714. The second-order valence-corrected chi connectivity index (χ2v) is 7.23. The average molecular weight is 440 g/mol. The molecule has 0 N–H and O–H groups in total. The van der Waals surface area contributed by atoms with Gasteiger partial charge in [-0.25, -0.2) is 0 Å². The summed E-state index contributed by atoms with van der Waals surface area (Å²) in [5, 5.41) is 0. The van der Waals surface area contributed by atoms with Crippen LogP contribution in [0.3, 0.4) is 0 Å².